The molecule has 2 aromatic rings. The van der Waals surface area contributed by atoms with E-state index in [1.54, 1.807) is 30.4 Å². The van der Waals surface area contributed by atoms with Crippen LogP contribution < -0.4 is 14.8 Å². The van der Waals surface area contributed by atoms with Gasteiger partial charge in [-0.05, 0) is 48.0 Å². The Morgan fingerprint density at radius 3 is 2.41 bits per heavy atom. The summed E-state index contributed by atoms with van der Waals surface area (Å²) in [6, 6.07) is 11.3. The van der Waals surface area contributed by atoms with Gasteiger partial charge in [-0.2, -0.15) is 0 Å². The maximum Gasteiger partial charge on any atom is 0.248 e. The van der Waals surface area contributed by atoms with Crippen molar-refractivity contribution in [2.45, 2.75) is 4.90 Å². The molecule has 1 N–H and O–H groups in total. The van der Waals surface area contributed by atoms with Crippen LogP contribution in [0.2, 0.25) is 0 Å². The van der Waals surface area contributed by atoms with E-state index in [0.29, 0.717) is 23.8 Å². The molecule has 0 saturated heterocycles. The number of nitrogens with one attached hydrogen (secondary N) is 1. The van der Waals surface area contributed by atoms with E-state index in [-0.39, 0.29) is 10.8 Å². The zero-order valence-electron chi connectivity index (χ0n) is 16.6. The van der Waals surface area contributed by atoms with Gasteiger partial charge in [-0.25, -0.2) is 12.7 Å². The number of anilines is 1. The predicted molar refractivity (Wildman–Crippen MR) is 114 cm³/mol. The summed E-state index contributed by atoms with van der Waals surface area (Å²) in [5.74, 6) is 0.785. The van der Waals surface area contributed by atoms with Crippen LogP contribution in [0.15, 0.2) is 66.1 Å². The lowest BCUT2D eigenvalue weighted by Gasteiger charge is -2.11. The molecule has 29 heavy (non-hydrogen) atoms. The molecule has 0 radical (unpaired) electrons. The van der Waals surface area contributed by atoms with Gasteiger partial charge in [-0.15, -0.1) is 0 Å². The van der Waals surface area contributed by atoms with Crippen LogP contribution in [0.3, 0.4) is 0 Å². The van der Waals surface area contributed by atoms with Crippen LogP contribution in [-0.4, -0.2) is 46.4 Å². The van der Waals surface area contributed by atoms with Crippen molar-refractivity contribution in [3.05, 3.63) is 66.8 Å². The Labute approximate surface area is 171 Å². The first-order valence-corrected chi connectivity index (χ1v) is 10.2. The maximum atomic E-state index is 12.1. The number of carbonyl (C=O) groups excluding carboxylic acids is 1. The third-order valence-corrected chi connectivity index (χ3v) is 5.70. The lowest BCUT2D eigenvalue weighted by Crippen LogP contribution is -2.22. The number of methoxy groups -OCH3 is 1. The van der Waals surface area contributed by atoms with Crippen LogP contribution in [0.25, 0.3) is 6.08 Å². The summed E-state index contributed by atoms with van der Waals surface area (Å²) in [5.41, 5.74) is 1.25. The van der Waals surface area contributed by atoms with Gasteiger partial charge in [-0.1, -0.05) is 18.7 Å². The first-order chi connectivity index (χ1) is 13.8. The Morgan fingerprint density at radius 1 is 1.14 bits per heavy atom. The molecule has 2 aromatic carbocycles. The number of nitrogens with zero attached hydrogens (tertiary/aromatic N) is 1. The normalized spacial score (nSPS) is 11.4. The minimum Gasteiger partial charge on any atom is -0.493 e. The van der Waals surface area contributed by atoms with Crippen LogP contribution in [0.1, 0.15) is 5.56 Å². The van der Waals surface area contributed by atoms with Crippen molar-refractivity contribution in [1.82, 2.24) is 4.31 Å². The number of sulfonamides is 1. The van der Waals surface area contributed by atoms with E-state index in [0.717, 1.165) is 9.87 Å². The molecule has 8 heteroatoms. The minimum atomic E-state index is -3.51. The molecule has 0 unspecified atom stereocenters. The summed E-state index contributed by atoms with van der Waals surface area (Å²) in [6.45, 7) is 3.97. The van der Waals surface area contributed by atoms with E-state index in [1.807, 2.05) is 0 Å². The van der Waals surface area contributed by atoms with Crippen molar-refractivity contribution in [3.63, 3.8) is 0 Å². The smallest absolute Gasteiger partial charge is 0.248 e. The highest BCUT2D eigenvalue weighted by Gasteiger charge is 2.16. The molecule has 0 bridgehead atoms. The van der Waals surface area contributed by atoms with E-state index in [2.05, 4.69) is 11.9 Å². The van der Waals surface area contributed by atoms with Gasteiger partial charge in [0.05, 0.1) is 12.0 Å². The fourth-order valence-electron chi connectivity index (χ4n) is 2.33. The second-order valence-electron chi connectivity index (χ2n) is 6.14. The van der Waals surface area contributed by atoms with Gasteiger partial charge in [0.2, 0.25) is 15.9 Å². The molecular formula is C21H24N2O5S. The summed E-state index contributed by atoms with van der Waals surface area (Å²) in [5, 5.41) is 2.69. The lowest BCUT2D eigenvalue weighted by atomic mass is 10.2. The molecule has 0 atom stereocenters. The van der Waals surface area contributed by atoms with Crippen molar-refractivity contribution in [3.8, 4) is 11.5 Å². The van der Waals surface area contributed by atoms with Crippen molar-refractivity contribution < 1.29 is 22.7 Å². The highest BCUT2D eigenvalue weighted by Crippen LogP contribution is 2.28. The summed E-state index contributed by atoms with van der Waals surface area (Å²) >= 11 is 0. The topological polar surface area (TPSA) is 84.9 Å². The maximum absolute atomic E-state index is 12.1. The van der Waals surface area contributed by atoms with E-state index in [4.69, 9.17) is 9.47 Å². The predicted octanol–water partition coefficient (Wildman–Crippen LogP) is 3.16. The first kappa shape index (κ1) is 22.2. The Morgan fingerprint density at radius 2 is 1.83 bits per heavy atom. The molecule has 0 aliphatic carbocycles. The molecule has 154 valence electrons. The van der Waals surface area contributed by atoms with Crippen molar-refractivity contribution in [1.29, 1.82) is 0 Å². The molecule has 0 fully saturated rings. The molecule has 7 nitrogen and oxygen atoms in total. The highest BCUT2D eigenvalue weighted by molar-refractivity contribution is 7.89. The van der Waals surface area contributed by atoms with Crippen molar-refractivity contribution >= 4 is 27.7 Å². The summed E-state index contributed by atoms with van der Waals surface area (Å²) in [4.78, 5) is 12.3. The Balaban J connectivity index is 2.05. The average molecular weight is 416 g/mol. The Bertz CT molecular complexity index is 996. The van der Waals surface area contributed by atoms with Gasteiger partial charge in [0, 0.05) is 25.9 Å². The molecule has 0 aliphatic rings. The van der Waals surface area contributed by atoms with Crippen LogP contribution >= 0.6 is 0 Å². The number of carbonyl (C=O) groups is 1. The quantitative estimate of drug-likeness (QED) is 0.501. The molecule has 0 saturated carbocycles. The Hall–Kier alpha value is -3.10. The highest BCUT2D eigenvalue weighted by atomic mass is 32.2. The molecule has 1 amide bonds. The second-order valence-corrected chi connectivity index (χ2v) is 8.30. The average Bonchev–Trinajstić information content (AvgIpc) is 2.71. The molecule has 0 heterocycles. The van der Waals surface area contributed by atoms with Crippen molar-refractivity contribution in [2.24, 2.45) is 0 Å². The zero-order chi connectivity index (χ0) is 21.4. The first-order valence-electron chi connectivity index (χ1n) is 8.71. The van der Waals surface area contributed by atoms with Gasteiger partial charge < -0.3 is 14.8 Å². The fraction of sp³-hybridized carbons (Fsp3) is 0.190. The molecule has 0 aliphatic heterocycles. The number of amides is 1. The monoisotopic (exact) mass is 416 g/mol. The molecule has 0 spiro atoms. The molecule has 0 aromatic heterocycles. The van der Waals surface area contributed by atoms with Crippen LogP contribution in [-0.2, 0) is 14.8 Å². The van der Waals surface area contributed by atoms with Gasteiger partial charge in [0.15, 0.2) is 11.5 Å². The number of hydrogen-bond acceptors (Lipinski definition) is 5. The van der Waals surface area contributed by atoms with E-state index < -0.39 is 10.0 Å². The van der Waals surface area contributed by atoms with Gasteiger partial charge in [-0.3, -0.25) is 4.79 Å². The minimum absolute atomic E-state index is 0.155. The fourth-order valence-corrected chi connectivity index (χ4v) is 3.23. The van der Waals surface area contributed by atoms with Gasteiger partial charge in [0.25, 0.3) is 0 Å². The van der Waals surface area contributed by atoms with E-state index in [1.165, 1.54) is 51.5 Å². The van der Waals surface area contributed by atoms with Crippen LogP contribution in [0, 0.1) is 0 Å². The van der Waals surface area contributed by atoms with Crippen molar-refractivity contribution in [2.75, 3.05) is 33.1 Å². The molecule has 2 rings (SSSR count). The van der Waals surface area contributed by atoms with Gasteiger partial charge in [0.1, 0.15) is 6.61 Å². The standard InChI is InChI=1S/C21H24N2O5S/c1-5-14-28-19-12-6-16(15-20(19)27-4)7-13-21(24)22-17-8-10-18(11-9-17)29(25,26)23(2)3/h5-13,15H,1,14H2,2-4H3,(H,22,24)/b13-7+. The van der Waals surface area contributed by atoms with E-state index >= 15 is 0 Å². The SMILES string of the molecule is C=CCOc1ccc(/C=C/C(=O)Nc2ccc(S(=O)(=O)N(C)C)cc2)cc1OC. The second kappa shape index (κ2) is 9.90. The third-order valence-electron chi connectivity index (χ3n) is 3.87. The lowest BCUT2D eigenvalue weighted by molar-refractivity contribution is -0.111. The van der Waals surface area contributed by atoms with Crippen LogP contribution in [0.4, 0.5) is 5.69 Å². The largest absolute Gasteiger partial charge is 0.493 e. The number of hydrogen-bond donors (Lipinski definition) is 1. The zero-order valence-corrected chi connectivity index (χ0v) is 17.4. The summed E-state index contributed by atoms with van der Waals surface area (Å²) in [6.07, 6.45) is 4.66. The van der Waals surface area contributed by atoms with Gasteiger partial charge >= 0.3 is 0 Å². The Kier molecular flexibility index (Phi) is 7.58. The summed E-state index contributed by atoms with van der Waals surface area (Å²) < 4.78 is 36.0. The number of ether oxygens (including phenoxy) is 2. The number of rotatable bonds is 9. The number of benzene rings is 2. The molecular weight excluding hydrogens is 392 g/mol. The van der Waals surface area contributed by atoms with Crippen LogP contribution in [0.5, 0.6) is 11.5 Å². The van der Waals surface area contributed by atoms with E-state index in [9.17, 15) is 13.2 Å². The third kappa shape index (κ3) is 5.94. The summed E-state index contributed by atoms with van der Waals surface area (Å²) in [7, 11) is 0.955.